The summed E-state index contributed by atoms with van der Waals surface area (Å²) in [5.41, 5.74) is 0. The second kappa shape index (κ2) is 18.5. The average Bonchev–Trinajstić information content (AvgIpc) is 2.55. The van der Waals surface area contributed by atoms with Gasteiger partial charge in [-0.15, -0.1) is 0 Å². The highest BCUT2D eigenvalue weighted by Gasteiger charge is 2.03. The standard InChI is InChI=1S/C21H40O3/c1-2-3-4-5-6-7-8-9-10-11-12-13-14-17-20(22)18-15-16-19-21(23)24/h2-19H2,1H3,(H,23,24). The fourth-order valence-corrected chi connectivity index (χ4v) is 3.06. The third kappa shape index (κ3) is 19.2. The van der Waals surface area contributed by atoms with Gasteiger partial charge in [0.05, 0.1) is 0 Å². The van der Waals surface area contributed by atoms with Crippen LogP contribution in [0.5, 0.6) is 0 Å². The first-order chi connectivity index (χ1) is 11.7. The van der Waals surface area contributed by atoms with Gasteiger partial charge in [-0.25, -0.2) is 0 Å². The maximum atomic E-state index is 11.6. The smallest absolute Gasteiger partial charge is 0.303 e. The predicted octanol–water partition coefficient (Wildman–Crippen LogP) is 6.68. The van der Waals surface area contributed by atoms with Crippen molar-refractivity contribution in [3.8, 4) is 0 Å². The molecule has 0 saturated heterocycles. The molecule has 3 heteroatoms. The number of carbonyl (C=O) groups excluding carboxylic acids is 1. The van der Waals surface area contributed by atoms with Gasteiger partial charge in [-0.05, 0) is 19.3 Å². The summed E-state index contributed by atoms with van der Waals surface area (Å²) in [6.07, 6.45) is 20.0. The Morgan fingerprint density at radius 1 is 0.542 bits per heavy atom. The van der Waals surface area contributed by atoms with Crippen LogP contribution in [0.15, 0.2) is 0 Å². The van der Waals surface area contributed by atoms with Gasteiger partial charge in [-0.3, -0.25) is 9.59 Å². The number of unbranched alkanes of at least 4 members (excludes halogenated alkanes) is 13. The summed E-state index contributed by atoms with van der Waals surface area (Å²) in [5, 5.41) is 8.53. The van der Waals surface area contributed by atoms with Gasteiger partial charge in [0.15, 0.2) is 0 Å². The van der Waals surface area contributed by atoms with Crippen molar-refractivity contribution in [3.05, 3.63) is 0 Å². The van der Waals surface area contributed by atoms with Gasteiger partial charge in [0.2, 0.25) is 0 Å². The number of Topliss-reactive ketones (excluding diaryl/α,β-unsaturated/α-hetero) is 1. The van der Waals surface area contributed by atoms with E-state index in [2.05, 4.69) is 6.92 Å². The number of ketones is 1. The molecule has 0 amide bonds. The van der Waals surface area contributed by atoms with E-state index in [9.17, 15) is 9.59 Å². The Labute approximate surface area is 149 Å². The number of hydrogen-bond donors (Lipinski definition) is 1. The molecule has 0 aliphatic carbocycles. The molecular formula is C21H40O3. The van der Waals surface area contributed by atoms with E-state index in [0.717, 1.165) is 19.3 Å². The van der Waals surface area contributed by atoms with E-state index in [1.807, 2.05) is 0 Å². The molecule has 0 heterocycles. The van der Waals surface area contributed by atoms with Crippen LogP contribution in [-0.2, 0) is 9.59 Å². The number of aliphatic carboxylic acids is 1. The van der Waals surface area contributed by atoms with Crippen LogP contribution in [0.4, 0.5) is 0 Å². The molecule has 0 atom stereocenters. The fourth-order valence-electron chi connectivity index (χ4n) is 3.06. The van der Waals surface area contributed by atoms with E-state index >= 15 is 0 Å². The molecule has 0 radical (unpaired) electrons. The van der Waals surface area contributed by atoms with Crippen LogP contribution in [0, 0.1) is 0 Å². The number of carbonyl (C=O) groups is 2. The van der Waals surface area contributed by atoms with Gasteiger partial charge >= 0.3 is 5.97 Å². The van der Waals surface area contributed by atoms with Crippen LogP contribution in [0.3, 0.4) is 0 Å². The minimum Gasteiger partial charge on any atom is -0.481 e. The quantitative estimate of drug-likeness (QED) is 0.267. The number of carboxylic acid groups (broad SMARTS) is 1. The van der Waals surface area contributed by atoms with E-state index in [0.29, 0.717) is 25.0 Å². The maximum absolute atomic E-state index is 11.6. The van der Waals surface area contributed by atoms with Crippen molar-refractivity contribution in [2.45, 2.75) is 122 Å². The normalized spacial score (nSPS) is 10.9. The second-order valence-electron chi connectivity index (χ2n) is 7.13. The number of carboxylic acids is 1. The van der Waals surface area contributed by atoms with Crippen LogP contribution < -0.4 is 0 Å². The SMILES string of the molecule is CCCCCCCCCCCCCCCC(=O)CCCCC(=O)O. The first kappa shape index (κ1) is 23.1. The highest BCUT2D eigenvalue weighted by atomic mass is 16.4. The third-order valence-electron chi connectivity index (χ3n) is 4.66. The molecule has 0 rings (SSSR count). The molecule has 142 valence electrons. The van der Waals surface area contributed by atoms with Crippen molar-refractivity contribution < 1.29 is 14.7 Å². The molecule has 0 aromatic heterocycles. The van der Waals surface area contributed by atoms with Crippen molar-refractivity contribution >= 4 is 11.8 Å². The van der Waals surface area contributed by atoms with Crippen LogP contribution >= 0.6 is 0 Å². The van der Waals surface area contributed by atoms with E-state index in [1.54, 1.807) is 0 Å². The summed E-state index contributed by atoms with van der Waals surface area (Å²) in [6, 6.07) is 0. The summed E-state index contributed by atoms with van der Waals surface area (Å²) in [5.74, 6) is -0.456. The monoisotopic (exact) mass is 340 g/mol. The molecule has 3 nitrogen and oxygen atoms in total. The first-order valence-electron chi connectivity index (χ1n) is 10.4. The van der Waals surface area contributed by atoms with Gasteiger partial charge < -0.3 is 5.11 Å². The average molecular weight is 341 g/mol. The van der Waals surface area contributed by atoms with E-state index < -0.39 is 5.97 Å². The van der Waals surface area contributed by atoms with Crippen molar-refractivity contribution in [1.29, 1.82) is 0 Å². The maximum Gasteiger partial charge on any atom is 0.303 e. The molecule has 0 unspecified atom stereocenters. The number of hydrogen-bond acceptors (Lipinski definition) is 2. The minimum atomic E-state index is -0.765. The predicted molar refractivity (Wildman–Crippen MR) is 101 cm³/mol. The Balaban J connectivity index is 3.14. The van der Waals surface area contributed by atoms with Crippen molar-refractivity contribution in [2.75, 3.05) is 0 Å². The first-order valence-corrected chi connectivity index (χ1v) is 10.4. The Morgan fingerprint density at radius 3 is 1.29 bits per heavy atom. The third-order valence-corrected chi connectivity index (χ3v) is 4.66. The molecule has 0 aromatic rings. The molecule has 0 aliphatic rings. The topological polar surface area (TPSA) is 54.4 Å². The Bertz CT molecular complexity index is 299. The Kier molecular flexibility index (Phi) is 17.8. The minimum absolute atomic E-state index is 0.187. The van der Waals surface area contributed by atoms with Gasteiger partial charge in [-0.2, -0.15) is 0 Å². The van der Waals surface area contributed by atoms with Crippen LogP contribution in [0.2, 0.25) is 0 Å². The summed E-state index contributed by atoms with van der Waals surface area (Å²) in [7, 11) is 0. The van der Waals surface area contributed by atoms with Gasteiger partial charge in [0.1, 0.15) is 5.78 Å². The summed E-state index contributed by atoms with van der Waals surface area (Å²) in [4.78, 5) is 22.0. The molecular weight excluding hydrogens is 300 g/mol. The second-order valence-corrected chi connectivity index (χ2v) is 7.13. The van der Waals surface area contributed by atoms with Crippen molar-refractivity contribution in [2.24, 2.45) is 0 Å². The zero-order valence-corrected chi connectivity index (χ0v) is 16.0. The lowest BCUT2D eigenvalue weighted by Crippen LogP contribution is -1.99. The molecule has 24 heavy (non-hydrogen) atoms. The molecule has 0 fully saturated rings. The fraction of sp³-hybridized carbons (Fsp3) is 0.905. The Morgan fingerprint density at radius 2 is 0.875 bits per heavy atom. The van der Waals surface area contributed by atoms with Gasteiger partial charge in [0.25, 0.3) is 0 Å². The van der Waals surface area contributed by atoms with E-state index in [1.165, 1.54) is 70.6 Å². The van der Waals surface area contributed by atoms with Crippen LogP contribution in [0.1, 0.15) is 122 Å². The van der Waals surface area contributed by atoms with E-state index in [4.69, 9.17) is 5.11 Å². The molecule has 0 aromatic carbocycles. The highest BCUT2D eigenvalue weighted by Crippen LogP contribution is 2.13. The van der Waals surface area contributed by atoms with Gasteiger partial charge in [-0.1, -0.05) is 84.0 Å². The molecule has 1 N–H and O–H groups in total. The largest absolute Gasteiger partial charge is 0.481 e. The molecule has 0 aliphatic heterocycles. The number of rotatable bonds is 19. The van der Waals surface area contributed by atoms with Crippen molar-refractivity contribution in [3.63, 3.8) is 0 Å². The zero-order valence-electron chi connectivity index (χ0n) is 16.0. The highest BCUT2D eigenvalue weighted by molar-refractivity contribution is 5.78. The molecule has 0 saturated carbocycles. The van der Waals surface area contributed by atoms with E-state index in [-0.39, 0.29) is 6.42 Å². The lowest BCUT2D eigenvalue weighted by Gasteiger charge is -2.03. The van der Waals surface area contributed by atoms with Crippen LogP contribution in [0.25, 0.3) is 0 Å². The summed E-state index contributed by atoms with van der Waals surface area (Å²) >= 11 is 0. The lowest BCUT2D eigenvalue weighted by atomic mass is 10.0. The summed E-state index contributed by atoms with van der Waals surface area (Å²) < 4.78 is 0. The van der Waals surface area contributed by atoms with Crippen LogP contribution in [-0.4, -0.2) is 16.9 Å². The Hall–Kier alpha value is -0.860. The molecule has 0 spiro atoms. The van der Waals surface area contributed by atoms with Crippen molar-refractivity contribution in [1.82, 2.24) is 0 Å². The summed E-state index contributed by atoms with van der Waals surface area (Å²) in [6.45, 7) is 2.26. The van der Waals surface area contributed by atoms with Gasteiger partial charge in [0, 0.05) is 19.3 Å². The molecule has 0 bridgehead atoms. The zero-order chi connectivity index (χ0) is 17.9. The lowest BCUT2D eigenvalue weighted by molar-refractivity contribution is -0.137.